The molecule has 2 aromatic heterocycles. The summed E-state index contributed by atoms with van der Waals surface area (Å²) in [6.07, 6.45) is -0.338. The number of aryl methyl sites for hydroxylation is 1. The number of aliphatic hydroxyl groups excluding tert-OH is 1. The van der Waals surface area contributed by atoms with Gasteiger partial charge in [-0.2, -0.15) is 0 Å². The van der Waals surface area contributed by atoms with Crippen molar-refractivity contribution in [3.63, 3.8) is 0 Å². The molecule has 0 aliphatic carbocycles. The van der Waals surface area contributed by atoms with E-state index in [-0.39, 0.29) is 47.4 Å². The molecule has 1 fully saturated rings. The fourth-order valence-corrected chi connectivity index (χ4v) is 7.66. The van der Waals surface area contributed by atoms with Gasteiger partial charge in [0.05, 0.1) is 34.8 Å². The Morgan fingerprint density at radius 2 is 1.85 bits per heavy atom. The molecule has 3 heterocycles. The quantitative estimate of drug-likeness (QED) is 0.210. The van der Waals surface area contributed by atoms with Crippen LogP contribution in [0.2, 0.25) is 18.1 Å². The molecular weight excluding hydrogens is 621 g/mol. The number of carbonyl (C=O) groups excluding carboxylic acids is 2. The van der Waals surface area contributed by atoms with Crippen LogP contribution in [0.3, 0.4) is 0 Å². The number of thiazole rings is 1. The van der Waals surface area contributed by atoms with Crippen molar-refractivity contribution in [1.29, 1.82) is 0 Å². The number of benzene rings is 1. The molecule has 1 aliphatic heterocycles. The van der Waals surface area contributed by atoms with E-state index in [0.717, 1.165) is 21.7 Å². The monoisotopic (exact) mass is 670 g/mol. The predicted molar refractivity (Wildman–Crippen MR) is 182 cm³/mol. The zero-order valence-corrected chi connectivity index (χ0v) is 30.6. The maximum Gasteiger partial charge on any atom is 0.254 e. The van der Waals surface area contributed by atoms with Crippen LogP contribution in [0.5, 0.6) is 5.88 Å². The van der Waals surface area contributed by atoms with Crippen molar-refractivity contribution in [2.45, 2.75) is 110 Å². The number of aliphatic hydroxyl groups is 1. The zero-order chi connectivity index (χ0) is 34.0. The minimum Gasteiger partial charge on any atom is -0.470 e. The highest BCUT2D eigenvalue weighted by molar-refractivity contribution is 7.13. The second-order valence-electron chi connectivity index (χ2n) is 14.3. The fraction of sp³-hybridized carbons (Fsp3) is 0.588. The van der Waals surface area contributed by atoms with E-state index in [2.05, 4.69) is 61.5 Å². The average Bonchev–Trinajstić information content (AvgIpc) is 3.72. The standard InChI is InChI=1S/C34H50N4O6SSi/c1-20(2)30(28-16-29(37-43-28)42-21(3)18-39)33(41)38-17-26(44-46(9,10)34(6,7)8)15-27(38)32(40)36-22(4)24-11-13-25(14-12-24)31-23(5)35-19-45-31/h11-14,16,19-22,26-27,30,39H,15,17-18H2,1-10H3,(H,36,40)/t21?,22?,26-,27+,30?/m1/s1. The maximum absolute atomic E-state index is 14.4. The molecule has 10 nitrogen and oxygen atoms in total. The molecule has 1 aromatic carbocycles. The number of likely N-dealkylation sites (tertiary alicyclic amines) is 1. The van der Waals surface area contributed by atoms with Gasteiger partial charge in [0.2, 0.25) is 11.8 Å². The minimum atomic E-state index is -2.18. The summed E-state index contributed by atoms with van der Waals surface area (Å²) < 4.78 is 18.0. The average molecular weight is 671 g/mol. The van der Waals surface area contributed by atoms with Gasteiger partial charge in [-0.15, -0.1) is 11.3 Å². The summed E-state index contributed by atoms with van der Waals surface area (Å²) in [6, 6.07) is 8.77. The van der Waals surface area contributed by atoms with Crippen molar-refractivity contribution in [3.05, 3.63) is 52.9 Å². The Kier molecular flexibility index (Phi) is 11.2. The van der Waals surface area contributed by atoms with Crippen LogP contribution in [0.25, 0.3) is 10.4 Å². The lowest BCUT2D eigenvalue weighted by Gasteiger charge is -2.38. The van der Waals surface area contributed by atoms with Crippen LogP contribution in [-0.4, -0.2) is 71.7 Å². The van der Waals surface area contributed by atoms with E-state index in [0.29, 0.717) is 18.7 Å². The van der Waals surface area contributed by atoms with Gasteiger partial charge < -0.3 is 29.0 Å². The lowest BCUT2D eigenvalue weighted by Crippen LogP contribution is -2.48. The van der Waals surface area contributed by atoms with Gasteiger partial charge in [-0.05, 0) is 61.1 Å². The Hall–Kier alpha value is -3.06. The molecule has 2 amide bonds. The smallest absolute Gasteiger partial charge is 0.254 e. The molecular formula is C34H50N4O6SSi. The molecule has 3 unspecified atom stereocenters. The molecule has 12 heteroatoms. The number of rotatable bonds is 12. The SMILES string of the molecule is Cc1ncsc1-c1ccc(C(C)NC(=O)[C@@H]2C[C@@H](O[Si](C)(C)C(C)(C)C)CN2C(=O)C(c2cc(OC(C)CO)no2)C(C)C)cc1. The van der Waals surface area contributed by atoms with Crippen molar-refractivity contribution in [1.82, 2.24) is 20.4 Å². The highest BCUT2D eigenvalue weighted by Gasteiger charge is 2.47. The number of carbonyl (C=O) groups is 2. The molecule has 1 saturated heterocycles. The number of hydrogen-bond donors (Lipinski definition) is 2. The van der Waals surface area contributed by atoms with Crippen LogP contribution in [0.4, 0.5) is 0 Å². The molecule has 3 aromatic rings. The highest BCUT2D eigenvalue weighted by atomic mass is 32.1. The van der Waals surface area contributed by atoms with Gasteiger partial charge in [0.15, 0.2) is 14.1 Å². The molecule has 46 heavy (non-hydrogen) atoms. The lowest BCUT2D eigenvalue weighted by molar-refractivity contribution is -0.141. The number of nitrogens with zero attached hydrogens (tertiary/aromatic N) is 3. The van der Waals surface area contributed by atoms with E-state index in [4.69, 9.17) is 13.7 Å². The summed E-state index contributed by atoms with van der Waals surface area (Å²) >= 11 is 1.60. The Morgan fingerprint density at radius 3 is 2.41 bits per heavy atom. The third-order valence-corrected chi connectivity index (χ3v) is 14.7. The Balaban J connectivity index is 1.57. The van der Waals surface area contributed by atoms with Crippen LogP contribution in [0, 0.1) is 12.8 Å². The van der Waals surface area contributed by atoms with Crippen LogP contribution >= 0.6 is 11.3 Å². The van der Waals surface area contributed by atoms with Gasteiger partial charge in [-0.25, -0.2) is 4.98 Å². The normalized spacial score (nSPS) is 19.3. The van der Waals surface area contributed by atoms with Crippen molar-refractivity contribution >= 4 is 31.5 Å². The zero-order valence-electron chi connectivity index (χ0n) is 28.8. The third-order valence-electron chi connectivity index (χ3n) is 9.22. The van der Waals surface area contributed by atoms with Crippen molar-refractivity contribution in [2.75, 3.05) is 13.2 Å². The number of hydrogen-bond acceptors (Lipinski definition) is 9. The Labute approximate surface area is 278 Å². The van der Waals surface area contributed by atoms with Crippen LogP contribution in [-0.2, 0) is 14.0 Å². The molecule has 252 valence electrons. The summed E-state index contributed by atoms with van der Waals surface area (Å²) in [5.74, 6) is -0.701. The first-order chi connectivity index (χ1) is 21.5. The molecule has 0 spiro atoms. The van der Waals surface area contributed by atoms with Gasteiger partial charge in [0, 0.05) is 19.0 Å². The van der Waals surface area contributed by atoms with Crippen LogP contribution in [0.15, 0.2) is 40.4 Å². The second kappa shape index (κ2) is 14.4. The van der Waals surface area contributed by atoms with E-state index >= 15 is 0 Å². The summed E-state index contributed by atoms with van der Waals surface area (Å²) in [7, 11) is -2.18. The summed E-state index contributed by atoms with van der Waals surface area (Å²) in [4.78, 5) is 35.5. The van der Waals surface area contributed by atoms with Crippen LogP contribution in [0.1, 0.15) is 83.9 Å². The topological polar surface area (TPSA) is 127 Å². The first-order valence-electron chi connectivity index (χ1n) is 16.1. The highest BCUT2D eigenvalue weighted by Crippen LogP contribution is 2.40. The summed E-state index contributed by atoms with van der Waals surface area (Å²) in [6.45, 7) is 20.6. The lowest BCUT2D eigenvalue weighted by atomic mass is 9.91. The van der Waals surface area contributed by atoms with Gasteiger partial charge in [0.25, 0.3) is 5.88 Å². The summed E-state index contributed by atoms with van der Waals surface area (Å²) in [5, 5.41) is 16.5. The van der Waals surface area contributed by atoms with E-state index < -0.39 is 26.4 Å². The van der Waals surface area contributed by atoms with E-state index in [9.17, 15) is 14.7 Å². The third kappa shape index (κ3) is 8.07. The fourth-order valence-electron chi connectivity index (χ4n) is 5.50. The first kappa shape index (κ1) is 35.8. The van der Waals surface area contributed by atoms with E-state index in [1.807, 2.05) is 45.3 Å². The van der Waals surface area contributed by atoms with Crippen molar-refractivity contribution < 1.29 is 28.4 Å². The molecule has 0 radical (unpaired) electrons. The number of amides is 2. The molecule has 0 saturated carbocycles. The second-order valence-corrected chi connectivity index (χ2v) is 19.9. The number of aromatic nitrogens is 2. The summed E-state index contributed by atoms with van der Waals surface area (Å²) in [5.41, 5.74) is 4.89. The first-order valence-corrected chi connectivity index (χ1v) is 19.8. The Bertz CT molecular complexity index is 1480. The van der Waals surface area contributed by atoms with E-state index in [1.54, 1.807) is 29.2 Å². The molecule has 0 bridgehead atoms. The Morgan fingerprint density at radius 1 is 1.17 bits per heavy atom. The van der Waals surface area contributed by atoms with E-state index in [1.165, 1.54) is 0 Å². The number of ether oxygens (including phenoxy) is 1. The minimum absolute atomic E-state index is 0.0248. The molecule has 1 aliphatic rings. The van der Waals surface area contributed by atoms with Crippen molar-refractivity contribution in [3.8, 4) is 16.3 Å². The van der Waals surface area contributed by atoms with Gasteiger partial charge in [-0.3, -0.25) is 9.59 Å². The largest absolute Gasteiger partial charge is 0.470 e. The molecule has 2 N–H and O–H groups in total. The van der Waals surface area contributed by atoms with Gasteiger partial charge >= 0.3 is 0 Å². The molecule has 4 rings (SSSR count). The predicted octanol–water partition coefficient (Wildman–Crippen LogP) is 6.47. The van der Waals surface area contributed by atoms with Crippen molar-refractivity contribution in [2.24, 2.45) is 5.92 Å². The van der Waals surface area contributed by atoms with Gasteiger partial charge in [0.1, 0.15) is 18.1 Å². The molecule has 5 atom stereocenters. The van der Waals surface area contributed by atoms with Crippen LogP contribution < -0.4 is 10.1 Å². The van der Waals surface area contributed by atoms with Gasteiger partial charge in [-0.1, -0.05) is 58.9 Å². The number of nitrogens with one attached hydrogen (secondary N) is 1. The maximum atomic E-state index is 14.4.